The molecular formula is C16H40O6P2. The lowest BCUT2D eigenvalue weighted by Crippen LogP contribution is -2.06. The molecule has 0 aromatic rings. The van der Waals surface area contributed by atoms with Gasteiger partial charge in [0.15, 0.2) is 0 Å². The van der Waals surface area contributed by atoms with Gasteiger partial charge >= 0.3 is 0 Å². The summed E-state index contributed by atoms with van der Waals surface area (Å²) < 4.78 is 22.3. The van der Waals surface area contributed by atoms with Crippen molar-refractivity contribution in [2.45, 2.75) is 97.5 Å². The second kappa shape index (κ2) is 13.5. The van der Waals surface area contributed by atoms with Crippen LogP contribution < -0.4 is 0 Å². The largest absolute Gasteiger partial charge is 0.396 e. The number of rotatable bonds is 6. The molecule has 0 bridgehead atoms. The van der Waals surface area contributed by atoms with E-state index >= 15 is 0 Å². The van der Waals surface area contributed by atoms with Crippen molar-refractivity contribution in [1.82, 2.24) is 0 Å². The maximum absolute atomic E-state index is 11.2. The van der Waals surface area contributed by atoms with Crippen LogP contribution in [0.4, 0.5) is 0 Å². The number of aliphatic hydroxyl groups is 2. The Balaban J connectivity index is -0.000000282. The van der Waals surface area contributed by atoms with Crippen molar-refractivity contribution in [3.8, 4) is 0 Å². The van der Waals surface area contributed by atoms with Crippen LogP contribution in [0.15, 0.2) is 0 Å². The van der Waals surface area contributed by atoms with Crippen LogP contribution in [-0.2, 0) is 9.13 Å². The lowest BCUT2D eigenvalue weighted by molar-refractivity contribution is 0.148. The lowest BCUT2D eigenvalue weighted by atomic mass is 10.3. The molecule has 0 amide bonds. The maximum Gasteiger partial charge on any atom is 0.205 e. The molecule has 0 radical (unpaired) electrons. The molecule has 0 spiro atoms. The molecule has 0 aliphatic heterocycles. The molecular weight excluding hydrogens is 350 g/mol. The second-order valence-electron chi connectivity index (χ2n) is 7.08. The summed E-state index contributed by atoms with van der Waals surface area (Å²) >= 11 is 0. The van der Waals surface area contributed by atoms with E-state index in [1.165, 1.54) is 0 Å². The van der Waals surface area contributed by atoms with Gasteiger partial charge in [-0.1, -0.05) is 55.4 Å². The molecule has 4 N–H and O–H groups in total. The molecule has 1 atom stereocenters. The fourth-order valence-corrected chi connectivity index (χ4v) is 3.76. The van der Waals surface area contributed by atoms with Crippen LogP contribution in [-0.4, -0.2) is 55.3 Å². The summed E-state index contributed by atoms with van der Waals surface area (Å²) in [7, 11) is -5.67. The lowest BCUT2D eigenvalue weighted by Gasteiger charge is -2.18. The highest BCUT2D eigenvalue weighted by Crippen LogP contribution is 2.50. The van der Waals surface area contributed by atoms with E-state index in [1.807, 2.05) is 0 Å². The third kappa shape index (κ3) is 13.6. The van der Waals surface area contributed by atoms with E-state index < -0.39 is 14.7 Å². The third-order valence-electron chi connectivity index (χ3n) is 3.51. The normalized spacial score (nSPS) is 13.5. The van der Waals surface area contributed by atoms with Crippen LogP contribution in [0.25, 0.3) is 0 Å². The van der Waals surface area contributed by atoms with Crippen molar-refractivity contribution in [1.29, 1.82) is 0 Å². The summed E-state index contributed by atoms with van der Waals surface area (Å²) in [5, 5.41) is 16.5. The van der Waals surface area contributed by atoms with Crippen LogP contribution in [0.5, 0.6) is 0 Å². The van der Waals surface area contributed by atoms with E-state index in [0.717, 1.165) is 0 Å². The Bertz CT molecular complexity index is 336. The van der Waals surface area contributed by atoms with E-state index in [4.69, 9.17) is 10.2 Å². The van der Waals surface area contributed by atoms with Crippen molar-refractivity contribution in [3.05, 3.63) is 0 Å². The van der Waals surface area contributed by atoms with E-state index in [-0.39, 0.29) is 35.3 Å². The molecule has 150 valence electrons. The first kappa shape index (κ1) is 29.1. The van der Waals surface area contributed by atoms with Gasteiger partial charge in [-0.3, -0.25) is 9.13 Å². The maximum atomic E-state index is 11.2. The molecule has 0 aromatic carbocycles. The van der Waals surface area contributed by atoms with Gasteiger partial charge in [-0.05, 0) is 13.3 Å². The van der Waals surface area contributed by atoms with Gasteiger partial charge < -0.3 is 20.0 Å². The predicted molar refractivity (Wildman–Crippen MR) is 104 cm³/mol. The molecule has 6 nitrogen and oxygen atoms in total. The quantitative estimate of drug-likeness (QED) is 0.511. The van der Waals surface area contributed by atoms with Crippen molar-refractivity contribution < 1.29 is 29.1 Å². The highest BCUT2D eigenvalue weighted by molar-refractivity contribution is 7.59. The topological polar surface area (TPSA) is 115 Å². The Morgan fingerprint density at radius 3 is 0.875 bits per heavy atom. The van der Waals surface area contributed by atoms with Crippen LogP contribution in [0, 0.1) is 0 Å². The molecule has 0 rings (SSSR count). The summed E-state index contributed by atoms with van der Waals surface area (Å²) in [6.45, 7) is 16.0. The first-order valence-electron chi connectivity index (χ1n) is 8.48. The zero-order chi connectivity index (χ0) is 20.3. The van der Waals surface area contributed by atoms with Gasteiger partial charge in [-0.15, -0.1) is 0 Å². The highest BCUT2D eigenvalue weighted by atomic mass is 31.2. The zero-order valence-electron chi connectivity index (χ0n) is 16.8. The van der Waals surface area contributed by atoms with Crippen molar-refractivity contribution in [2.75, 3.05) is 6.61 Å². The van der Waals surface area contributed by atoms with Gasteiger partial charge in [-0.25, -0.2) is 0 Å². The Kier molecular flexibility index (Phi) is 16.4. The van der Waals surface area contributed by atoms with Crippen molar-refractivity contribution in [2.24, 2.45) is 0 Å². The minimum absolute atomic E-state index is 0.0810. The smallest absolute Gasteiger partial charge is 0.205 e. The van der Waals surface area contributed by atoms with E-state index in [9.17, 15) is 18.9 Å². The van der Waals surface area contributed by atoms with Gasteiger partial charge in [0.25, 0.3) is 0 Å². The number of hydrogen-bond acceptors (Lipinski definition) is 4. The fraction of sp³-hybridized carbons (Fsp3) is 1.00. The predicted octanol–water partition coefficient (Wildman–Crippen LogP) is 3.90. The zero-order valence-corrected chi connectivity index (χ0v) is 18.6. The van der Waals surface area contributed by atoms with Crippen molar-refractivity contribution >= 4 is 14.7 Å². The first-order chi connectivity index (χ1) is 10.5. The van der Waals surface area contributed by atoms with E-state index in [2.05, 4.69) is 0 Å². The van der Waals surface area contributed by atoms with E-state index in [1.54, 1.807) is 62.3 Å². The Morgan fingerprint density at radius 2 is 0.875 bits per heavy atom. The van der Waals surface area contributed by atoms with Crippen LogP contribution in [0.3, 0.4) is 0 Å². The molecule has 0 heterocycles. The SMILES string of the molecule is CC(C)P(=O)(O)C(C)C.CC(C)P(=O)(O)C(C)C.CC(O)CCO. The van der Waals surface area contributed by atoms with Crippen LogP contribution in [0.1, 0.15) is 68.7 Å². The molecule has 0 aliphatic carbocycles. The standard InChI is InChI=1S/2C6H15O2P.C4H10O2/c2*1-5(2)9(7,8)6(3)4;1-4(6)2-3-5/h2*5-6H,1-4H3,(H,7,8);4-6H,2-3H2,1H3. The molecule has 0 aliphatic rings. The average Bonchev–Trinajstić information content (AvgIpc) is 2.39. The van der Waals surface area contributed by atoms with Gasteiger partial charge in [0, 0.05) is 29.2 Å². The molecule has 0 fully saturated rings. The second-order valence-corrected chi connectivity index (χ2v) is 13.9. The Labute approximate surface area is 148 Å². The van der Waals surface area contributed by atoms with Gasteiger partial charge in [0.2, 0.25) is 14.7 Å². The first-order valence-corrected chi connectivity index (χ1v) is 12.1. The Morgan fingerprint density at radius 1 is 0.667 bits per heavy atom. The number of aliphatic hydroxyl groups excluding tert-OH is 2. The molecule has 1 unspecified atom stereocenters. The summed E-state index contributed by atoms with van der Waals surface area (Å²) in [6, 6.07) is 0. The monoisotopic (exact) mass is 390 g/mol. The number of hydrogen-bond donors (Lipinski definition) is 4. The minimum Gasteiger partial charge on any atom is -0.396 e. The third-order valence-corrected chi connectivity index (χ3v) is 9.43. The van der Waals surface area contributed by atoms with Gasteiger partial charge in [0.05, 0.1) is 6.10 Å². The van der Waals surface area contributed by atoms with E-state index in [0.29, 0.717) is 6.42 Å². The molecule has 0 aromatic heterocycles. The molecule has 0 saturated carbocycles. The minimum atomic E-state index is -2.84. The average molecular weight is 390 g/mol. The summed E-state index contributed by atoms with van der Waals surface area (Å²) in [4.78, 5) is 18.4. The van der Waals surface area contributed by atoms with Crippen LogP contribution >= 0.6 is 14.7 Å². The fourth-order valence-electron chi connectivity index (χ4n) is 1.38. The summed E-state index contributed by atoms with van der Waals surface area (Å²) in [6.07, 6.45) is 0.134. The highest BCUT2D eigenvalue weighted by Gasteiger charge is 2.27. The molecule has 24 heavy (non-hydrogen) atoms. The Hall–Kier alpha value is 0.300. The summed E-state index contributed by atoms with van der Waals surface area (Å²) in [5.74, 6) is 0. The van der Waals surface area contributed by atoms with Gasteiger partial charge in [0.1, 0.15) is 0 Å². The molecule has 8 heteroatoms. The summed E-state index contributed by atoms with van der Waals surface area (Å²) in [5.41, 5.74) is -0.398. The van der Waals surface area contributed by atoms with Crippen LogP contribution in [0.2, 0.25) is 0 Å². The molecule has 0 saturated heterocycles. The van der Waals surface area contributed by atoms with Crippen molar-refractivity contribution in [3.63, 3.8) is 0 Å². The van der Waals surface area contributed by atoms with Gasteiger partial charge in [-0.2, -0.15) is 0 Å².